The van der Waals surface area contributed by atoms with Gasteiger partial charge in [0.05, 0.1) is 48.0 Å². The Bertz CT molecular complexity index is 1890. The van der Waals surface area contributed by atoms with Gasteiger partial charge < -0.3 is 9.47 Å². The van der Waals surface area contributed by atoms with E-state index in [0.29, 0.717) is 51.5 Å². The molecule has 0 saturated heterocycles. The number of aromatic nitrogens is 1. The number of ether oxygens (including phenoxy) is 2. The molecule has 1 aliphatic heterocycles. The van der Waals surface area contributed by atoms with E-state index in [9.17, 15) is 9.59 Å². The molecule has 0 radical (unpaired) electrons. The number of allylic oxidation sites excluding steroid dienone is 1. The van der Waals surface area contributed by atoms with Gasteiger partial charge in [-0.05, 0) is 83.7 Å². The quantitative estimate of drug-likeness (QED) is 0.188. The fourth-order valence-corrected chi connectivity index (χ4v) is 6.95. The standard InChI is InChI=1S/C31H24BrCl3N2O4S/c1-4-40-30(39)26-17(3)36-31-37(27(26)20-8-5-16(2)6-9-20)29(38)25(42-31)14-19-11-21(32)28(24(35)13-19)41-15-18-7-10-22(33)23(34)12-18/h5-14,27H,4,15H2,1-3H3/b25-14+/t27-/m1/s1. The summed E-state index contributed by atoms with van der Waals surface area (Å²) in [6.45, 7) is 5.93. The zero-order valence-electron chi connectivity index (χ0n) is 22.7. The van der Waals surface area contributed by atoms with Crippen LogP contribution < -0.4 is 19.6 Å². The van der Waals surface area contributed by atoms with Gasteiger partial charge in [-0.25, -0.2) is 9.79 Å². The van der Waals surface area contributed by atoms with E-state index in [0.717, 1.165) is 16.7 Å². The highest BCUT2D eigenvalue weighted by Gasteiger charge is 2.33. The summed E-state index contributed by atoms with van der Waals surface area (Å²) in [7, 11) is 0. The molecule has 0 bridgehead atoms. The van der Waals surface area contributed by atoms with Crippen molar-refractivity contribution in [2.75, 3.05) is 6.61 Å². The Morgan fingerprint density at radius 2 is 1.79 bits per heavy atom. The fourth-order valence-electron chi connectivity index (χ4n) is 4.59. The number of hydrogen-bond acceptors (Lipinski definition) is 6. The smallest absolute Gasteiger partial charge is 0.338 e. The molecule has 216 valence electrons. The molecule has 5 rings (SSSR count). The lowest BCUT2D eigenvalue weighted by Crippen LogP contribution is -2.39. The molecule has 1 aliphatic rings. The highest BCUT2D eigenvalue weighted by Crippen LogP contribution is 2.36. The van der Waals surface area contributed by atoms with Crippen LogP contribution in [-0.4, -0.2) is 17.1 Å². The summed E-state index contributed by atoms with van der Waals surface area (Å²) in [5.41, 5.74) is 3.96. The number of thiazole rings is 1. The molecule has 4 aromatic rings. The van der Waals surface area contributed by atoms with Gasteiger partial charge in [-0.2, -0.15) is 0 Å². The zero-order valence-corrected chi connectivity index (χ0v) is 27.4. The molecule has 1 atom stereocenters. The van der Waals surface area contributed by atoms with Crippen LogP contribution in [0, 0.1) is 6.92 Å². The first kappa shape index (κ1) is 30.6. The number of carbonyl (C=O) groups is 1. The van der Waals surface area contributed by atoms with Crippen molar-refractivity contribution in [1.29, 1.82) is 0 Å². The van der Waals surface area contributed by atoms with Crippen LogP contribution in [-0.2, 0) is 16.1 Å². The zero-order chi connectivity index (χ0) is 30.1. The van der Waals surface area contributed by atoms with Crippen LogP contribution in [0.3, 0.4) is 0 Å². The van der Waals surface area contributed by atoms with Crippen molar-refractivity contribution in [3.63, 3.8) is 0 Å². The topological polar surface area (TPSA) is 69.9 Å². The molecule has 0 saturated carbocycles. The van der Waals surface area contributed by atoms with Gasteiger partial charge in [-0.15, -0.1) is 0 Å². The summed E-state index contributed by atoms with van der Waals surface area (Å²) < 4.78 is 13.9. The first-order chi connectivity index (χ1) is 20.1. The Hall–Kier alpha value is -2.88. The molecule has 0 amide bonds. The molecule has 0 spiro atoms. The minimum Gasteiger partial charge on any atom is -0.486 e. The third-order valence-corrected chi connectivity index (χ3v) is 9.19. The monoisotopic (exact) mass is 704 g/mol. The molecular formula is C31H24BrCl3N2O4S. The molecule has 0 unspecified atom stereocenters. The van der Waals surface area contributed by atoms with Crippen LogP contribution in [0.25, 0.3) is 6.08 Å². The van der Waals surface area contributed by atoms with E-state index in [4.69, 9.17) is 44.3 Å². The number of fused-ring (bicyclic) bond motifs is 1. The minimum absolute atomic E-state index is 0.212. The Morgan fingerprint density at radius 1 is 1.05 bits per heavy atom. The van der Waals surface area contributed by atoms with E-state index in [-0.39, 0.29) is 18.8 Å². The average Bonchev–Trinajstić information content (AvgIpc) is 3.24. The first-order valence-electron chi connectivity index (χ1n) is 12.9. The maximum absolute atomic E-state index is 13.9. The van der Waals surface area contributed by atoms with Crippen molar-refractivity contribution in [3.05, 3.63) is 127 Å². The Balaban J connectivity index is 1.54. The second kappa shape index (κ2) is 12.8. The van der Waals surface area contributed by atoms with E-state index in [1.54, 1.807) is 42.7 Å². The molecule has 0 fully saturated rings. The number of rotatable bonds is 7. The Labute approximate surface area is 269 Å². The normalized spacial score (nSPS) is 14.9. The fraction of sp³-hybridized carbons (Fsp3) is 0.194. The third kappa shape index (κ3) is 6.24. The van der Waals surface area contributed by atoms with Gasteiger partial charge in [0.1, 0.15) is 6.61 Å². The molecule has 0 N–H and O–H groups in total. The maximum Gasteiger partial charge on any atom is 0.338 e. The lowest BCUT2D eigenvalue weighted by molar-refractivity contribution is -0.139. The van der Waals surface area contributed by atoms with Crippen molar-refractivity contribution < 1.29 is 14.3 Å². The summed E-state index contributed by atoms with van der Waals surface area (Å²) in [6, 6.07) is 15.9. The van der Waals surface area contributed by atoms with Gasteiger partial charge in [0.2, 0.25) is 0 Å². The number of esters is 1. The number of hydrogen-bond donors (Lipinski definition) is 0. The van der Waals surface area contributed by atoms with Crippen molar-refractivity contribution in [2.45, 2.75) is 33.4 Å². The summed E-state index contributed by atoms with van der Waals surface area (Å²) in [5, 5.41) is 1.27. The lowest BCUT2D eigenvalue weighted by Gasteiger charge is -2.24. The number of carbonyl (C=O) groups excluding carboxylic acids is 1. The molecule has 42 heavy (non-hydrogen) atoms. The average molecular weight is 707 g/mol. The van der Waals surface area contributed by atoms with Crippen LogP contribution in [0.2, 0.25) is 15.1 Å². The van der Waals surface area contributed by atoms with Gasteiger partial charge >= 0.3 is 5.97 Å². The number of nitrogens with zero attached hydrogens (tertiary/aromatic N) is 2. The van der Waals surface area contributed by atoms with E-state index in [1.807, 2.05) is 43.3 Å². The number of halogens is 4. The lowest BCUT2D eigenvalue weighted by atomic mass is 9.95. The second-order valence-corrected chi connectivity index (χ2v) is 12.6. The van der Waals surface area contributed by atoms with Gasteiger partial charge in [0.15, 0.2) is 10.6 Å². The molecule has 11 heteroatoms. The highest BCUT2D eigenvalue weighted by atomic mass is 79.9. The summed E-state index contributed by atoms with van der Waals surface area (Å²) >= 11 is 23.5. The van der Waals surface area contributed by atoms with Crippen LogP contribution in [0.5, 0.6) is 5.75 Å². The molecule has 1 aromatic heterocycles. The summed E-state index contributed by atoms with van der Waals surface area (Å²) in [6.07, 6.45) is 1.75. The Morgan fingerprint density at radius 3 is 2.45 bits per heavy atom. The van der Waals surface area contributed by atoms with Crippen molar-refractivity contribution in [3.8, 4) is 5.75 Å². The van der Waals surface area contributed by atoms with E-state index < -0.39 is 12.0 Å². The van der Waals surface area contributed by atoms with Crippen LogP contribution in [0.4, 0.5) is 0 Å². The largest absolute Gasteiger partial charge is 0.486 e. The van der Waals surface area contributed by atoms with E-state index in [2.05, 4.69) is 20.9 Å². The second-order valence-electron chi connectivity index (χ2n) is 9.56. The maximum atomic E-state index is 13.9. The van der Waals surface area contributed by atoms with E-state index >= 15 is 0 Å². The molecule has 3 aromatic carbocycles. The van der Waals surface area contributed by atoms with Crippen LogP contribution in [0.15, 0.2) is 80.1 Å². The predicted octanol–water partition coefficient (Wildman–Crippen LogP) is 7.41. The number of aryl methyl sites for hydroxylation is 1. The van der Waals surface area contributed by atoms with Crippen molar-refractivity contribution in [2.24, 2.45) is 4.99 Å². The van der Waals surface area contributed by atoms with Crippen LogP contribution >= 0.6 is 62.1 Å². The minimum atomic E-state index is -0.671. The summed E-state index contributed by atoms with van der Waals surface area (Å²) in [4.78, 5) is 32.0. The summed E-state index contributed by atoms with van der Waals surface area (Å²) in [5.74, 6) is -0.0406. The first-order valence-corrected chi connectivity index (χ1v) is 15.6. The third-order valence-electron chi connectivity index (χ3n) is 6.60. The number of benzene rings is 3. The van der Waals surface area contributed by atoms with Gasteiger partial charge in [-0.3, -0.25) is 9.36 Å². The van der Waals surface area contributed by atoms with Gasteiger partial charge in [0, 0.05) is 0 Å². The molecule has 2 heterocycles. The highest BCUT2D eigenvalue weighted by molar-refractivity contribution is 9.10. The predicted molar refractivity (Wildman–Crippen MR) is 172 cm³/mol. The molecular weight excluding hydrogens is 683 g/mol. The van der Waals surface area contributed by atoms with Crippen molar-refractivity contribution in [1.82, 2.24) is 4.57 Å². The molecule has 6 nitrogen and oxygen atoms in total. The molecule has 0 aliphatic carbocycles. The van der Waals surface area contributed by atoms with E-state index in [1.165, 1.54) is 11.3 Å². The Kier molecular flexibility index (Phi) is 9.30. The van der Waals surface area contributed by atoms with Gasteiger partial charge in [0.25, 0.3) is 5.56 Å². The van der Waals surface area contributed by atoms with Crippen molar-refractivity contribution >= 4 is 74.1 Å². The van der Waals surface area contributed by atoms with Gasteiger partial charge in [-0.1, -0.05) is 82.0 Å². The van der Waals surface area contributed by atoms with Crippen LogP contribution in [0.1, 0.15) is 42.1 Å². The SMILES string of the molecule is CCOC(=O)C1=C(C)N=c2s/c(=C/c3cc(Cl)c(OCc4ccc(Cl)c(Cl)c4)c(Br)c3)c(=O)n2[C@@H]1c1ccc(C)cc1.